The van der Waals surface area contributed by atoms with Crippen LogP contribution < -0.4 is 10.6 Å². The number of benzene rings is 2. The van der Waals surface area contributed by atoms with Gasteiger partial charge in [0.2, 0.25) is 17.8 Å². The third kappa shape index (κ3) is 2.65. The second kappa shape index (κ2) is 6.05. The van der Waals surface area contributed by atoms with Gasteiger partial charge in [-0.3, -0.25) is 19.5 Å². The molecule has 2 aromatic carbocycles. The molecule has 6 nitrogen and oxygen atoms in total. The molecule has 126 valence electrons. The van der Waals surface area contributed by atoms with Gasteiger partial charge in [-0.25, -0.2) is 4.98 Å². The Bertz CT molecular complexity index is 976. The Morgan fingerprint density at radius 1 is 1.24 bits per heavy atom. The number of hydrogen-bond acceptors (Lipinski definition) is 3. The maximum absolute atomic E-state index is 12.9. The molecule has 25 heavy (non-hydrogen) atoms. The number of carbonyl (C=O) groups excluding carboxylic acids is 2. The van der Waals surface area contributed by atoms with E-state index in [0.29, 0.717) is 5.95 Å². The first-order chi connectivity index (χ1) is 12.2. The first-order valence-corrected chi connectivity index (χ1v) is 8.33. The lowest BCUT2D eigenvalue weighted by Gasteiger charge is -2.25. The Morgan fingerprint density at radius 3 is 2.84 bits per heavy atom. The molecule has 0 unspecified atom stereocenters. The van der Waals surface area contributed by atoms with Crippen LogP contribution in [0.3, 0.4) is 0 Å². The number of carbonyl (C=O) groups is 2. The first kappa shape index (κ1) is 15.4. The number of para-hydroxylation sites is 3. The molecule has 1 atom stereocenters. The van der Waals surface area contributed by atoms with E-state index >= 15 is 0 Å². The number of anilines is 2. The van der Waals surface area contributed by atoms with Gasteiger partial charge < -0.3 is 5.32 Å². The zero-order valence-corrected chi connectivity index (χ0v) is 13.8. The monoisotopic (exact) mass is 334 g/mol. The predicted octanol–water partition coefficient (Wildman–Crippen LogP) is 3.12. The Kier molecular flexibility index (Phi) is 3.72. The van der Waals surface area contributed by atoms with Gasteiger partial charge in [0.05, 0.1) is 17.5 Å². The molecule has 2 amide bonds. The molecular weight excluding hydrogens is 316 g/mol. The van der Waals surface area contributed by atoms with E-state index in [1.807, 2.05) is 55.5 Å². The number of aryl methyl sites for hydroxylation is 1. The minimum absolute atomic E-state index is 0.0908. The number of imidazole rings is 1. The van der Waals surface area contributed by atoms with Crippen LogP contribution in [0.2, 0.25) is 0 Å². The lowest BCUT2D eigenvalue weighted by Crippen LogP contribution is -2.35. The van der Waals surface area contributed by atoms with E-state index in [2.05, 4.69) is 15.6 Å². The van der Waals surface area contributed by atoms with Crippen LogP contribution in [-0.4, -0.2) is 21.4 Å². The van der Waals surface area contributed by atoms with Crippen molar-refractivity contribution in [2.75, 3.05) is 10.6 Å². The molecule has 0 spiro atoms. The molecule has 0 fully saturated rings. The van der Waals surface area contributed by atoms with E-state index in [4.69, 9.17) is 0 Å². The number of nitrogens with one attached hydrogen (secondary N) is 2. The standard InChI is InChI=1S/C19H18N4O2/c1-2-12-7-3-4-8-13(12)20-18(25)16-11-17(24)22-19-21-14-9-5-6-10-15(14)23(16)19/h3-10,16H,2,11H2,1H3,(H,20,25)(H,21,22,24)/t16-/m0/s1. The minimum Gasteiger partial charge on any atom is -0.324 e. The normalized spacial score (nSPS) is 16.4. The van der Waals surface area contributed by atoms with E-state index in [1.165, 1.54) is 0 Å². The van der Waals surface area contributed by atoms with Crippen LogP contribution in [0, 0.1) is 0 Å². The van der Waals surface area contributed by atoms with Crippen molar-refractivity contribution in [1.82, 2.24) is 9.55 Å². The number of rotatable bonds is 3. The summed E-state index contributed by atoms with van der Waals surface area (Å²) >= 11 is 0. The molecule has 1 aliphatic heterocycles. The van der Waals surface area contributed by atoms with Crippen molar-refractivity contribution in [3.8, 4) is 0 Å². The molecule has 0 aliphatic carbocycles. The van der Waals surface area contributed by atoms with Crippen LogP contribution in [0.5, 0.6) is 0 Å². The van der Waals surface area contributed by atoms with Gasteiger partial charge in [-0.2, -0.15) is 0 Å². The lowest BCUT2D eigenvalue weighted by atomic mass is 10.1. The largest absolute Gasteiger partial charge is 0.324 e. The molecule has 0 bridgehead atoms. The van der Waals surface area contributed by atoms with E-state index in [-0.39, 0.29) is 18.2 Å². The summed E-state index contributed by atoms with van der Waals surface area (Å²) in [5.41, 5.74) is 3.44. The Labute approximate surface area is 144 Å². The van der Waals surface area contributed by atoms with Crippen LogP contribution in [0.25, 0.3) is 11.0 Å². The Morgan fingerprint density at radius 2 is 2.00 bits per heavy atom. The molecule has 2 heterocycles. The van der Waals surface area contributed by atoms with Crippen LogP contribution >= 0.6 is 0 Å². The van der Waals surface area contributed by atoms with Gasteiger partial charge in [0.25, 0.3) is 0 Å². The number of fused-ring (bicyclic) bond motifs is 3. The summed E-state index contributed by atoms with van der Waals surface area (Å²) in [6.45, 7) is 2.04. The van der Waals surface area contributed by atoms with E-state index in [1.54, 1.807) is 4.57 Å². The van der Waals surface area contributed by atoms with Crippen molar-refractivity contribution in [2.45, 2.75) is 25.8 Å². The van der Waals surface area contributed by atoms with E-state index in [0.717, 1.165) is 28.7 Å². The maximum Gasteiger partial charge on any atom is 0.248 e. The number of nitrogens with zero attached hydrogens (tertiary/aromatic N) is 2. The highest BCUT2D eigenvalue weighted by Gasteiger charge is 2.32. The summed E-state index contributed by atoms with van der Waals surface area (Å²) in [6.07, 6.45) is 0.911. The highest BCUT2D eigenvalue weighted by molar-refractivity contribution is 6.03. The molecule has 1 aliphatic rings. The highest BCUT2D eigenvalue weighted by atomic mass is 16.2. The highest BCUT2D eigenvalue weighted by Crippen LogP contribution is 2.31. The second-order valence-electron chi connectivity index (χ2n) is 6.06. The van der Waals surface area contributed by atoms with Crippen molar-refractivity contribution < 1.29 is 9.59 Å². The van der Waals surface area contributed by atoms with Gasteiger partial charge >= 0.3 is 0 Å². The third-order valence-corrected chi connectivity index (χ3v) is 4.50. The number of amides is 2. The van der Waals surface area contributed by atoms with Crippen LogP contribution in [-0.2, 0) is 16.0 Å². The molecule has 1 aromatic heterocycles. The van der Waals surface area contributed by atoms with Crippen molar-refractivity contribution in [1.29, 1.82) is 0 Å². The number of hydrogen-bond donors (Lipinski definition) is 2. The second-order valence-corrected chi connectivity index (χ2v) is 6.06. The third-order valence-electron chi connectivity index (χ3n) is 4.50. The fraction of sp³-hybridized carbons (Fsp3) is 0.211. The quantitative estimate of drug-likeness (QED) is 0.773. The molecular formula is C19H18N4O2. The van der Waals surface area contributed by atoms with Crippen molar-refractivity contribution in [2.24, 2.45) is 0 Å². The zero-order chi connectivity index (χ0) is 17.4. The summed E-state index contributed by atoms with van der Waals surface area (Å²) in [4.78, 5) is 29.4. The summed E-state index contributed by atoms with van der Waals surface area (Å²) in [6, 6.07) is 14.6. The molecule has 0 saturated heterocycles. The SMILES string of the molecule is CCc1ccccc1NC(=O)[C@@H]1CC(=O)Nc2nc3ccccc3n21. The summed E-state index contributed by atoms with van der Waals surface area (Å²) in [5, 5.41) is 5.73. The van der Waals surface area contributed by atoms with Crippen molar-refractivity contribution >= 4 is 34.5 Å². The van der Waals surface area contributed by atoms with Gasteiger partial charge in [0, 0.05) is 5.69 Å². The van der Waals surface area contributed by atoms with E-state index < -0.39 is 6.04 Å². The fourth-order valence-corrected chi connectivity index (χ4v) is 3.27. The first-order valence-electron chi connectivity index (χ1n) is 8.33. The Hall–Kier alpha value is -3.15. The number of aromatic nitrogens is 2. The summed E-state index contributed by atoms with van der Waals surface area (Å²) in [7, 11) is 0. The van der Waals surface area contributed by atoms with Gasteiger partial charge in [0.1, 0.15) is 6.04 Å². The van der Waals surface area contributed by atoms with Crippen LogP contribution in [0.1, 0.15) is 24.9 Å². The molecule has 4 rings (SSSR count). The zero-order valence-electron chi connectivity index (χ0n) is 13.8. The summed E-state index contributed by atoms with van der Waals surface area (Å²) < 4.78 is 1.81. The molecule has 6 heteroatoms. The van der Waals surface area contributed by atoms with Crippen LogP contribution in [0.4, 0.5) is 11.6 Å². The lowest BCUT2D eigenvalue weighted by molar-refractivity contribution is -0.124. The molecule has 0 radical (unpaired) electrons. The topological polar surface area (TPSA) is 76.0 Å². The van der Waals surface area contributed by atoms with Crippen LogP contribution in [0.15, 0.2) is 48.5 Å². The van der Waals surface area contributed by atoms with E-state index in [9.17, 15) is 9.59 Å². The average molecular weight is 334 g/mol. The predicted molar refractivity (Wildman–Crippen MR) is 96.5 cm³/mol. The Balaban J connectivity index is 1.73. The molecule has 3 aromatic rings. The minimum atomic E-state index is -0.624. The molecule has 0 saturated carbocycles. The summed E-state index contributed by atoms with van der Waals surface area (Å²) in [5.74, 6) is 0.00765. The fourth-order valence-electron chi connectivity index (χ4n) is 3.27. The average Bonchev–Trinajstić information content (AvgIpc) is 2.99. The van der Waals surface area contributed by atoms with Crippen molar-refractivity contribution in [3.05, 3.63) is 54.1 Å². The smallest absolute Gasteiger partial charge is 0.248 e. The van der Waals surface area contributed by atoms with Gasteiger partial charge in [-0.1, -0.05) is 37.3 Å². The molecule has 2 N–H and O–H groups in total. The van der Waals surface area contributed by atoms with Gasteiger partial charge in [-0.15, -0.1) is 0 Å². The van der Waals surface area contributed by atoms with Gasteiger partial charge in [-0.05, 0) is 30.2 Å². The van der Waals surface area contributed by atoms with Gasteiger partial charge in [0.15, 0.2) is 0 Å². The van der Waals surface area contributed by atoms with Crippen molar-refractivity contribution in [3.63, 3.8) is 0 Å². The maximum atomic E-state index is 12.9.